The summed E-state index contributed by atoms with van der Waals surface area (Å²) in [5.74, 6) is -0.530. The van der Waals surface area contributed by atoms with Gasteiger partial charge in [-0.1, -0.05) is 36.4 Å². The maximum absolute atomic E-state index is 12.1. The summed E-state index contributed by atoms with van der Waals surface area (Å²) >= 11 is 0. The first-order valence-electron chi connectivity index (χ1n) is 6.80. The van der Waals surface area contributed by atoms with E-state index >= 15 is 0 Å². The molecule has 2 aromatic rings. The van der Waals surface area contributed by atoms with Crippen molar-refractivity contribution in [2.24, 2.45) is 0 Å². The number of carbonyl (C=O) groups excluding carboxylic acids is 2. The van der Waals surface area contributed by atoms with E-state index in [1.165, 1.54) is 0 Å². The molecule has 0 saturated heterocycles. The predicted molar refractivity (Wildman–Crippen MR) is 79.0 cm³/mol. The van der Waals surface area contributed by atoms with Crippen LogP contribution in [0.1, 0.15) is 34.0 Å². The fourth-order valence-electron chi connectivity index (χ4n) is 2.45. The van der Waals surface area contributed by atoms with E-state index in [4.69, 9.17) is 4.74 Å². The molecular weight excluding hydrogens is 266 g/mol. The van der Waals surface area contributed by atoms with Gasteiger partial charge in [0, 0.05) is 11.3 Å². The largest absolute Gasteiger partial charge is 0.453 e. The summed E-state index contributed by atoms with van der Waals surface area (Å²) < 4.78 is 5.27. The highest BCUT2D eigenvalue weighted by Crippen LogP contribution is 2.33. The first kappa shape index (κ1) is 13.4. The Kier molecular flexibility index (Phi) is 3.44. The summed E-state index contributed by atoms with van der Waals surface area (Å²) in [6.45, 7) is 1.93. The van der Waals surface area contributed by atoms with E-state index in [0.717, 1.165) is 16.8 Å². The number of rotatable bonds is 3. The Bertz CT molecular complexity index is 709. The Hall–Kier alpha value is -2.62. The molecule has 1 heterocycles. The van der Waals surface area contributed by atoms with Gasteiger partial charge in [0.2, 0.25) is 5.91 Å². The topological polar surface area (TPSA) is 55.4 Å². The number of hydrogen-bond acceptors (Lipinski definition) is 3. The zero-order chi connectivity index (χ0) is 14.8. The Labute approximate surface area is 122 Å². The van der Waals surface area contributed by atoms with Crippen LogP contribution < -0.4 is 5.32 Å². The lowest BCUT2D eigenvalue weighted by Crippen LogP contribution is -2.16. The van der Waals surface area contributed by atoms with E-state index in [-0.39, 0.29) is 18.3 Å². The van der Waals surface area contributed by atoms with E-state index in [9.17, 15) is 9.59 Å². The Morgan fingerprint density at radius 1 is 1.14 bits per heavy atom. The van der Waals surface area contributed by atoms with Crippen molar-refractivity contribution < 1.29 is 14.3 Å². The molecule has 0 aliphatic carbocycles. The van der Waals surface area contributed by atoms with Gasteiger partial charge in [0.15, 0.2) is 0 Å². The molecule has 0 radical (unpaired) electrons. The van der Waals surface area contributed by atoms with Crippen LogP contribution in [-0.4, -0.2) is 11.9 Å². The molecule has 1 aliphatic heterocycles. The molecule has 1 N–H and O–H groups in total. The number of benzene rings is 2. The quantitative estimate of drug-likeness (QED) is 0.879. The molecule has 1 amide bonds. The van der Waals surface area contributed by atoms with Crippen molar-refractivity contribution in [1.29, 1.82) is 0 Å². The fourth-order valence-corrected chi connectivity index (χ4v) is 2.45. The molecule has 106 valence electrons. The second-order valence-electron chi connectivity index (χ2n) is 5.05. The van der Waals surface area contributed by atoms with E-state index in [1.54, 1.807) is 12.1 Å². The average Bonchev–Trinajstić information content (AvgIpc) is 2.79. The van der Waals surface area contributed by atoms with Gasteiger partial charge in [-0.2, -0.15) is 0 Å². The first-order valence-corrected chi connectivity index (χ1v) is 6.80. The van der Waals surface area contributed by atoms with Crippen molar-refractivity contribution in [2.75, 3.05) is 5.32 Å². The van der Waals surface area contributed by atoms with Crippen molar-refractivity contribution in [3.8, 4) is 0 Å². The lowest BCUT2D eigenvalue weighted by Gasteiger charge is -2.12. The summed E-state index contributed by atoms with van der Waals surface area (Å²) in [6, 6.07) is 14.7. The first-order chi connectivity index (χ1) is 10.1. The minimum atomic E-state index is -0.502. The maximum Gasteiger partial charge on any atom is 0.339 e. The molecule has 0 fully saturated rings. The van der Waals surface area contributed by atoms with Crippen LogP contribution in [0.5, 0.6) is 0 Å². The number of hydrogen-bond donors (Lipinski definition) is 1. The second-order valence-corrected chi connectivity index (χ2v) is 5.05. The number of para-hydroxylation sites is 1. The van der Waals surface area contributed by atoms with Gasteiger partial charge >= 0.3 is 5.97 Å². The molecule has 1 aliphatic rings. The predicted octanol–water partition coefficient (Wildman–Crippen LogP) is 3.24. The zero-order valence-electron chi connectivity index (χ0n) is 11.6. The third-order valence-corrected chi connectivity index (χ3v) is 3.57. The second kappa shape index (κ2) is 5.40. The lowest BCUT2D eigenvalue weighted by atomic mass is 10.0. The van der Waals surface area contributed by atoms with Gasteiger partial charge in [0.1, 0.15) is 6.10 Å². The highest BCUT2D eigenvalue weighted by molar-refractivity contribution is 5.96. The number of esters is 1. The van der Waals surface area contributed by atoms with E-state index in [1.807, 2.05) is 43.3 Å². The zero-order valence-corrected chi connectivity index (χ0v) is 11.6. The molecule has 4 heteroatoms. The fraction of sp³-hybridized carbons (Fsp3) is 0.176. The summed E-state index contributed by atoms with van der Waals surface area (Å²) in [5, 5.41) is 2.85. The Morgan fingerprint density at radius 2 is 1.86 bits per heavy atom. The van der Waals surface area contributed by atoms with Crippen LogP contribution in [0.4, 0.5) is 5.69 Å². The third-order valence-electron chi connectivity index (χ3n) is 3.57. The molecule has 0 saturated carbocycles. The van der Waals surface area contributed by atoms with Crippen LogP contribution in [0.2, 0.25) is 0 Å². The standard InChI is InChI=1S/C17H15NO3/c1-11-6-2-5-9-14(11)18-16(19)10-15-12-7-3-4-8-13(12)17(20)21-15/h2-9,15H,10H2,1H3,(H,18,19)/t15-/m0/s1. The number of anilines is 1. The SMILES string of the molecule is Cc1ccccc1NC(=O)C[C@@H]1OC(=O)c2ccccc21. The number of nitrogens with one attached hydrogen (secondary N) is 1. The van der Waals surface area contributed by atoms with Crippen molar-refractivity contribution in [2.45, 2.75) is 19.4 Å². The van der Waals surface area contributed by atoms with Crippen LogP contribution >= 0.6 is 0 Å². The maximum atomic E-state index is 12.1. The van der Waals surface area contributed by atoms with Gasteiger partial charge in [-0.3, -0.25) is 4.79 Å². The van der Waals surface area contributed by atoms with Crippen LogP contribution in [0.15, 0.2) is 48.5 Å². The number of aryl methyl sites for hydroxylation is 1. The Balaban J connectivity index is 1.72. The van der Waals surface area contributed by atoms with Gasteiger partial charge in [0.25, 0.3) is 0 Å². The van der Waals surface area contributed by atoms with Gasteiger partial charge < -0.3 is 10.1 Å². The monoisotopic (exact) mass is 281 g/mol. The highest BCUT2D eigenvalue weighted by atomic mass is 16.5. The van der Waals surface area contributed by atoms with Gasteiger partial charge in [0.05, 0.1) is 12.0 Å². The van der Waals surface area contributed by atoms with Crippen LogP contribution in [0.3, 0.4) is 0 Å². The smallest absolute Gasteiger partial charge is 0.339 e. The number of carbonyl (C=O) groups is 2. The number of fused-ring (bicyclic) bond motifs is 1. The molecule has 3 rings (SSSR count). The Morgan fingerprint density at radius 3 is 2.67 bits per heavy atom. The number of amides is 1. The molecule has 0 unspecified atom stereocenters. The highest BCUT2D eigenvalue weighted by Gasteiger charge is 2.32. The molecule has 2 aromatic carbocycles. The summed E-state index contributed by atoms with van der Waals surface area (Å²) in [7, 11) is 0. The van der Waals surface area contributed by atoms with Gasteiger partial charge in [-0.05, 0) is 24.6 Å². The normalized spacial score (nSPS) is 16.2. The molecule has 0 spiro atoms. The average molecular weight is 281 g/mol. The molecule has 0 aromatic heterocycles. The van der Waals surface area contributed by atoms with Crippen molar-refractivity contribution in [3.05, 3.63) is 65.2 Å². The van der Waals surface area contributed by atoms with Gasteiger partial charge in [-0.15, -0.1) is 0 Å². The van der Waals surface area contributed by atoms with Gasteiger partial charge in [-0.25, -0.2) is 4.79 Å². The summed E-state index contributed by atoms with van der Waals surface area (Å²) in [4.78, 5) is 23.9. The third kappa shape index (κ3) is 2.65. The van der Waals surface area contributed by atoms with Crippen LogP contribution in [0.25, 0.3) is 0 Å². The van der Waals surface area contributed by atoms with Crippen molar-refractivity contribution in [3.63, 3.8) is 0 Å². The van der Waals surface area contributed by atoms with Crippen molar-refractivity contribution >= 4 is 17.6 Å². The lowest BCUT2D eigenvalue weighted by molar-refractivity contribution is -0.118. The molecule has 0 bridgehead atoms. The van der Waals surface area contributed by atoms with E-state index < -0.39 is 6.10 Å². The minimum absolute atomic E-state index is 0.122. The van der Waals surface area contributed by atoms with E-state index in [0.29, 0.717) is 5.56 Å². The summed E-state index contributed by atoms with van der Waals surface area (Å²) in [5.41, 5.74) is 3.10. The summed E-state index contributed by atoms with van der Waals surface area (Å²) in [6.07, 6.45) is -0.380. The van der Waals surface area contributed by atoms with Crippen LogP contribution in [0, 0.1) is 6.92 Å². The molecular formula is C17H15NO3. The molecule has 1 atom stereocenters. The van der Waals surface area contributed by atoms with Crippen molar-refractivity contribution in [1.82, 2.24) is 0 Å². The number of ether oxygens (including phenoxy) is 1. The van der Waals surface area contributed by atoms with E-state index in [2.05, 4.69) is 5.32 Å². The molecule has 4 nitrogen and oxygen atoms in total. The minimum Gasteiger partial charge on any atom is -0.453 e. The molecule has 21 heavy (non-hydrogen) atoms. The number of cyclic esters (lactones) is 1. The van der Waals surface area contributed by atoms with Crippen LogP contribution in [-0.2, 0) is 9.53 Å².